The maximum Gasteiger partial charge on any atom is 0.0558 e. The predicted molar refractivity (Wildman–Crippen MR) is 64.1 cm³/mol. The second-order valence-electron chi connectivity index (χ2n) is 4.13. The Morgan fingerprint density at radius 3 is 2.47 bits per heavy atom. The molecule has 84 valence electrons. The van der Waals surface area contributed by atoms with Gasteiger partial charge in [0.1, 0.15) is 0 Å². The van der Waals surface area contributed by atoms with Crippen molar-refractivity contribution >= 4 is 0 Å². The minimum absolute atomic E-state index is 0.246. The summed E-state index contributed by atoms with van der Waals surface area (Å²) in [6.07, 6.45) is 1.14. The van der Waals surface area contributed by atoms with Crippen LogP contribution in [0.1, 0.15) is 24.8 Å². The number of hydrogen-bond donors (Lipinski definition) is 1. The van der Waals surface area contributed by atoms with Crippen LogP contribution in [0.4, 0.5) is 0 Å². The molecule has 0 fully saturated rings. The van der Waals surface area contributed by atoms with Crippen molar-refractivity contribution in [2.24, 2.45) is 0 Å². The van der Waals surface area contributed by atoms with Gasteiger partial charge in [-0.15, -0.1) is 0 Å². The average molecular weight is 207 g/mol. The molecule has 1 aromatic rings. The molecule has 1 aromatic carbocycles. The van der Waals surface area contributed by atoms with E-state index in [1.807, 2.05) is 13.1 Å². The van der Waals surface area contributed by atoms with Crippen LogP contribution in [-0.4, -0.2) is 36.8 Å². The molecule has 1 N–H and O–H groups in total. The number of rotatable bonds is 6. The van der Waals surface area contributed by atoms with Gasteiger partial charge in [0.05, 0.1) is 6.61 Å². The van der Waals surface area contributed by atoms with Gasteiger partial charge in [-0.1, -0.05) is 37.3 Å². The molecule has 1 atom stereocenters. The first kappa shape index (κ1) is 12.2. The van der Waals surface area contributed by atoms with Crippen molar-refractivity contribution < 1.29 is 5.11 Å². The van der Waals surface area contributed by atoms with Crippen molar-refractivity contribution in [1.82, 2.24) is 4.90 Å². The number of benzene rings is 1. The van der Waals surface area contributed by atoms with Crippen molar-refractivity contribution in [1.29, 1.82) is 0 Å². The molecule has 0 heterocycles. The molecule has 0 saturated heterocycles. The summed E-state index contributed by atoms with van der Waals surface area (Å²) >= 11 is 0. The Labute approximate surface area is 92.5 Å². The van der Waals surface area contributed by atoms with Crippen molar-refractivity contribution in [2.45, 2.75) is 19.3 Å². The molecule has 2 heteroatoms. The van der Waals surface area contributed by atoms with Crippen LogP contribution in [-0.2, 0) is 0 Å². The van der Waals surface area contributed by atoms with E-state index in [1.165, 1.54) is 5.56 Å². The van der Waals surface area contributed by atoms with Gasteiger partial charge >= 0.3 is 0 Å². The molecule has 0 aliphatic carbocycles. The van der Waals surface area contributed by atoms with Gasteiger partial charge in [-0.2, -0.15) is 0 Å². The van der Waals surface area contributed by atoms with Crippen LogP contribution >= 0.6 is 0 Å². The summed E-state index contributed by atoms with van der Waals surface area (Å²) in [5.74, 6) is 0.590. The zero-order valence-electron chi connectivity index (χ0n) is 9.69. The van der Waals surface area contributed by atoms with Crippen LogP contribution < -0.4 is 0 Å². The molecule has 0 aromatic heterocycles. The summed E-state index contributed by atoms with van der Waals surface area (Å²) in [7, 11) is 2.05. The quantitative estimate of drug-likeness (QED) is 0.772. The van der Waals surface area contributed by atoms with Gasteiger partial charge in [-0.3, -0.25) is 0 Å². The molecular formula is C13H21NO. The molecule has 0 aliphatic heterocycles. The molecule has 0 aliphatic rings. The van der Waals surface area contributed by atoms with Gasteiger partial charge in [0.15, 0.2) is 0 Å². The first-order valence-corrected chi connectivity index (χ1v) is 5.58. The van der Waals surface area contributed by atoms with E-state index < -0.39 is 0 Å². The van der Waals surface area contributed by atoms with Crippen LogP contribution in [0.15, 0.2) is 30.3 Å². The summed E-state index contributed by atoms with van der Waals surface area (Å²) in [6, 6.07) is 10.6. The predicted octanol–water partition coefficient (Wildman–Crippen LogP) is 2.10. The van der Waals surface area contributed by atoms with E-state index in [0.717, 1.165) is 19.5 Å². The molecule has 0 amide bonds. The number of nitrogens with zero attached hydrogens (tertiary/aromatic N) is 1. The molecule has 2 nitrogen and oxygen atoms in total. The maximum atomic E-state index is 8.78. The van der Waals surface area contributed by atoms with Crippen molar-refractivity contribution in [3.63, 3.8) is 0 Å². The smallest absolute Gasteiger partial charge is 0.0558 e. The lowest BCUT2D eigenvalue weighted by molar-refractivity contribution is 0.218. The monoisotopic (exact) mass is 207 g/mol. The van der Waals surface area contributed by atoms with Gasteiger partial charge < -0.3 is 10.0 Å². The van der Waals surface area contributed by atoms with E-state index in [-0.39, 0.29) is 6.61 Å². The summed E-state index contributed by atoms with van der Waals surface area (Å²) in [4.78, 5) is 2.17. The second-order valence-corrected chi connectivity index (χ2v) is 4.13. The Bertz CT molecular complexity index is 260. The minimum atomic E-state index is 0.246. The normalized spacial score (nSPS) is 13.1. The van der Waals surface area contributed by atoms with Crippen molar-refractivity contribution in [3.8, 4) is 0 Å². The molecule has 1 rings (SSSR count). The minimum Gasteiger partial charge on any atom is -0.395 e. The average Bonchev–Trinajstić information content (AvgIpc) is 2.27. The van der Waals surface area contributed by atoms with Gasteiger partial charge in [-0.05, 0) is 31.5 Å². The molecule has 0 bridgehead atoms. The molecule has 0 unspecified atom stereocenters. The third-order valence-corrected chi connectivity index (χ3v) is 2.79. The lowest BCUT2D eigenvalue weighted by Gasteiger charge is -2.18. The molecular weight excluding hydrogens is 186 g/mol. The summed E-state index contributed by atoms with van der Waals surface area (Å²) < 4.78 is 0. The zero-order chi connectivity index (χ0) is 11.1. The van der Waals surface area contributed by atoms with Crippen LogP contribution in [0.2, 0.25) is 0 Å². The second kappa shape index (κ2) is 6.59. The fraction of sp³-hybridized carbons (Fsp3) is 0.538. The van der Waals surface area contributed by atoms with E-state index in [1.54, 1.807) is 0 Å². The Kier molecular flexibility index (Phi) is 5.37. The van der Waals surface area contributed by atoms with Crippen LogP contribution in [0.25, 0.3) is 0 Å². The number of aliphatic hydroxyl groups is 1. The van der Waals surface area contributed by atoms with Gasteiger partial charge in [0.2, 0.25) is 0 Å². The lowest BCUT2D eigenvalue weighted by atomic mass is 9.98. The standard InChI is InChI=1S/C13H21NO/c1-12(8-9-14(2)10-11-15)13-6-4-3-5-7-13/h3-7,12,15H,8-11H2,1-2H3/t12-/m0/s1. The topological polar surface area (TPSA) is 23.5 Å². The van der Waals surface area contributed by atoms with Gasteiger partial charge in [-0.25, -0.2) is 0 Å². The maximum absolute atomic E-state index is 8.78. The first-order valence-electron chi connectivity index (χ1n) is 5.58. The summed E-state index contributed by atoms with van der Waals surface area (Å²) in [5.41, 5.74) is 1.40. The van der Waals surface area contributed by atoms with Crippen LogP contribution in [0.3, 0.4) is 0 Å². The van der Waals surface area contributed by atoms with E-state index in [9.17, 15) is 0 Å². The fourth-order valence-corrected chi connectivity index (χ4v) is 1.64. The van der Waals surface area contributed by atoms with Crippen LogP contribution in [0.5, 0.6) is 0 Å². The molecule has 0 radical (unpaired) electrons. The Balaban J connectivity index is 2.33. The molecule has 0 spiro atoms. The Morgan fingerprint density at radius 2 is 1.87 bits per heavy atom. The lowest BCUT2D eigenvalue weighted by Crippen LogP contribution is -2.24. The largest absolute Gasteiger partial charge is 0.395 e. The highest BCUT2D eigenvalue weighted by atomic mass is 16.3. The van der Waals surface area contributed by atoms with E-state index >= 15 is 0 Å². The number of hydrogen-bond acceptors (Lipinski definition) is 2. The highest BCUT2D eigenvalue weighted by molar-refractivity contribution is 5.18. The SMILES string of the molecule is C[C@@H](CCN(C)CCO)c1ccccc1. The first-order chi connectivity index (χ1) is 7.24. The Hall–Kier alpha value is -0.860. The van der Waals surface area contributed by atoms with E-state index in [4.69, 9.17) is 5.11 Å². The third-order valence-electron chi connectivity index (χ3n) is 2.79. The highest BCUT2D eigenvalue weighted by Crippen LogP contribution is 2.18. The fourth-order valence-electron chi connectivity index (χ4n) is 1.64. The van der Waals surface area contributed by atoms with Crippen molar-refractivity contribution in [2.75, 3.05) is 26.7 Å². The van der Waals surface area contributed by atoms with Gasteiger partial charge in [0, 0.05) is 6.54 Å². The van der Waals surface area contributed by atoms with Gasteiger partial charge in [0.25, 0.3) is 0 Å². The number of likely N-dealkylation sites (N-methyl/N-ethyl adjacent to an activating group) is 1. The molecule has 0 saturated carbocycles. The van der Waals surface area contributed by atoms with Crippen molar-refractivity contribution in [3.05, 3.63) is 35.9 Å². The molecule has 15 heavy (non-hydrogen) atoms. The summed E-state index contributed by atoms with van der Waals surface area (Å²) in [5, 5.41) is 8.78. The third kappa shape index (κ3) is 4.45. The zero-order valence-corrected chi connectivity index (χ0v) is 9.69. The van der Waals surface area contributed by atoms with E-state index in [0.29, 0.717) is 5.92 Å². The highest BCUT2D eigenvalue weighted by Gasteiger charge is 2.06. The van der Waals surface area contributed by atoms with Crippen LogP contribution in [0, 0.1) is 0 Å². The Morgan fingerprint density at radius 1 is 1.20 bits per heavy atom. The summed E-state index contributed by atoms with van der Waals surface area (Å²) in [6.45, 7) is 4.30. The number of aliphatic hydroxyl groups excluding tert-OH is 1. The van der Waals surface area contributed by atoms with E-state index in [2.05, 4.69) is 36.1 Å².